The molecule has 0 fully saturated rings. The van der Waals surface area contributed by atoms with Crippen molar-refractivity contribution in [2.24, 2.45) is 0 Å². The average molecular weight is 323 g/mol. The predicted molar refractivity (Wildman–Crippen MR) is 107 cm³/mol. The lowest BCUT2D eigenvalue weighted by molar-refractivity contribution is 0.671. The van der Waals surface area contributed by atoms with Crippen molar-refractivity contribution in [2.75, 3.05) is 0 Å². The maximum Gasteiger partial charge on any atom is 0.160 e. The van der Waals surface area contributed by atoms with Crippen LogP contribution in [0.25, 0.3) is 49.4 Å². The zero-order valence-electron chi connectivity index (χ0n) is 14.0. The van der Waals surface area contributed by atoms with Gasteiger partial charge >= 0.3 is 0 Å². The third-order valence-electron chi connectivity index (χ3n) is 4.94. The minimum Gasteiger partial charge on any atom is -0.454 e. The van der Waals surface area contributed by atoms with Gasteiger partial charge in [-0.2, -0.15) is 0 Å². The van der Waals surface area contributed by atoms with E-state index < -0.39 is 0 Å². The summed E-state index contributed by atoms with van der Waals surface area (Å²) < 4.78 is 8.55. The maximum absolute atomic E-state index is 6.29. The standard InChI is InChI=1S/C23H17NO/c1-3-15(4-2)24-20-11-7-5-9-16(20)18-13-14-19-17-10-6-8-12-21(17)25-23(19)22(18)24/h3-14H,1H2,2H3/b15-4+. The Kier molecular flexibility index (Phi) is 2.89. The highest BCUT2D eigenvalue weighted by Crippen LogP contribution is 2.39. The molecule has 0 radical (unpaired) electrons. The monoisotopic (exact) mass is 323 g/mol. The molecular weight excluding hydrogens is 306 g/mol. The van der Waals surface area contributed by atoms with E-state index in [1.165, 1.54) is 16.3 Å². The lowest BCUT2D eigenvalue weighted by Crippen LogP contribution is -1.93. The van der Waals surface area contributed by atoms with Gasteiger partial charge < -0.3 is 8.98 Å². The summed E-state index contributed by atoms with van der Waals surface area (Å²) in [5.74, 6) is 0. The molecule has 0 N–H and O–H groups in total. The van der Waals surface area contributed by atoms with Crippen molar-refractivity contribution in [1.29, 1.82) is 0 Å². The van der Waals surface area contributed by atoms with Crippen molar-refractivity contribution in [2.45, 2.75) is 6.92 Å². The van der Waals surface area contributed by atoms with Gasteiger partial charge in [0.1, 0.15) is 5.58 Å². The Morgan fingerprint density at radius 3 is 2.40 bits per heavy atom. The topological polar surface area (TPSA) is 18.1 Å². The third kappa shape index (κ3) is 1.79. The second-order valence-electron chi connectivity index (χ2n) is 6.21. The number of para-hydroxylation sites is 2. The Morgan fingerprint density at radius 1 is 0.880 bits per heavy atom. The third-order valence-corrected chi connectivity index (χ3v) is 4.94. The summed E-state index contributed by atoms with van der Waals surface area (Å²) in [4.78, 5) is 0. The van der Waals surface area contributed by atoms with Gasteiger partial charge in [-0.05, 0) is 31.2 Å². The minimum atomic E-state index is 0.919. The maximum atomic E-state index is 6.29. The van der Waals surface area contributed by atoms with Gasteiger partial charge in [0, 0.05) is 27.2 Å². The van der Waals surface area contributed by atoms with Crippen LogP contribution in [0.4, 0.5) is 0 Å². The molecule has 0 spiro atoms. The number of hydrogen-bond donors (Lipinski definition) is 0. The number of fused-ring (bicyclic) bond motifs is 7. The summed E-state index contributed by atoms with van der Waals surface area (Å²) in [6.07, 6.45) is 3.98. The molecule has 25 heavy (non-hydrogen) atoms. The van der Waals surface area contributed by atoms with Crippen molar-refractivity contribution < 1.29 is 4.42 Å². The molecule has 2 heterocycles. The molecule has 120 valence electrons. The number of hydrogen-bond acceptors (Lipinski definition) is 1. The van der Waals surface area contributed by atoms with Crippen LogP contribution in [0.1, 0.15) is 6.92 Å². The fourth-order valence-corrected chi connectivity index (χ4v) is 3.84. The Bertz CT molecular complexity index is 1310. The molecule has 0 aliphatic rings. The largest absolute Gasteiger partial charge is 0.454 e. The summed E-state index contributed by atoms with van der Waals surface area (Å²) >= 11 is 0. The molecular formula is C23H17NO. The van der Waals surface area contributed by atoms with Gasteiger partial charge in [0.05, 0.1) is 11.0 Å². The van der Waals surface area contributed by atoms with Gasteiger partial charge in [-0.3, -0.25) is 0 Å². The Balaban J connectivity index is 2.12. The lowest BCUT2D eigenvalue weighted by atomic mass is 10.1. The molecule has 3 aromatic carbocycles. The molecule has 2 aromatic heterocycles. The van der Waals surface area contributed by atoms with Crippen LogP contribution in [-0.2, 0) is 0 Å². The number of furan rings is 1. The van der Waals surface area contributed by atoms with E-state index >= 15 is 0 Å². The second-order valence-corrected chi connectivity index (χ2v) is 6.21. The van der Waals surface area contributed by atoms with Crippen LogP contribution < -0.4 is 0 Å². The highest BCUT2D eigenvalue weighted by atomic mass is 16.3. The Hall–Kier alpha value is -3.26. The van der Waals surface area contributed by atoms with Gasteiger partial charge in [0.25, 0.3) is 0 Å². The van der Waals surface area contributed by atoms with Crippen molar-refractivity contribution in [3.63, 3.8) is 0 Å². The molecule has 0 saturated carbocycles. The van der Waals surface area contributed by atoms with E-state index in [0.717, 1.165) is 33.2 Å². The molecule has 0 bridgehead atoms. The molecule has 0 aliphatic carbocycles. The zero-order chi connectivity index (χ0) is 17.0. The second kappa shape index (κ2) is 5.12. The van der Waals surface area contributed by atoms with Crippen LogP contribution in [0.5, 0.6) is 0 Å². The predicted octanol–water partition coefficient (Wildman–Crippen LogP) is 6.74. The van der Waals surface area contributed by atoms with E-state index in [1.54, 1.807) is 0 Å². The van der Waals surface area contributed by atoms with E-state index in [0.29, 0.717) is 0 Å². The number of nitrogens with zero attached hydrogens (tertiary/aromatic N) is 1. The smallest absolute Gasteiger partial charge is 0.160 e. The van der Waals surface area contributed by atoms with Crippen LogP contribution in [0.2, 0.25) is 0 Å². The molecule has 5 aromatic rings. The minimum absolute atomic E-state index is 0.919. The normalized spacial score (nSPS) is 12.6. The first-order valence-corrected chi connectivity index (χ1v) is 8.46. The first-order valence-electron chi connectivity index (χ1n) is 8.46. The summed E-state index contributed by atoms with van der Waals surface area (Å²) in [6.45, 7) is 6.04. The van der Waals surface area contributed by atoms with Crippen molar-refractivity contribution >= 4 is 49.4 Å². The number of allylic oxidation sites excluding steroid dienone is 3. The fraction of sp³-hybridized carbons (Fsp3) is 0.0435. The van der Waals surface area contributed by atoms with Crippen LogP contribution in [-0.4, -0.2) is 4.57 Å². The fourth-order valence-electron chi connectivity index (χ4n) is 3.84. The Labute approximate surface area is 145 Å². The molecule has 0 unspecified atom stereocenters. The first kappa shape index (κ1) is 14.1. The Morgan fingerprint density at radius 2 is 1.60 bits per heavy atom. The molecule has 0 saturated heterocycles. The van der Waals surface area contributed by atoms with E-state index in [1.807, 2.05) is 25.1 Å². The van der Waals surface area contributed by atoms with E-state index in [-0.39, 0.29) is 0 Å². The van der Waals surface area contributed by atoms with Crippen LogP contribution in [0, 0.1) is 0 Å². The number of benzene rings is 3. The van der Waals surface area contributed by atoms with Crippen molar-refractivity contribution in [1.82, 2.24) is 4.57 Å². The first-order chi connectivity index (χ1) is 12.3. The lowest BCUT2D eigenvalue weighted by Gasteiger charge is -2.08. The van der Waals surface area contributed by atoms with Gasteiger partial charge in [-0.1, -0.05) is 55.1 Å². The highest BCUT2D eigenvalue weighted by Gasteiger charge is 2.18. The van der Waals surface area contributed by atoms with Crippen molar-refractivity contribution in [3.05, 3.63) is 79.4 Å². The van der Waals surface area contributed by atoms with E-state index in [9.17, 15) is 0 Å². The quantitative estimate of drug-likeness (QED) is 0.329. The van der Waals surface area contributed by atoms with Gasteiger partial charge in [0.2, 0.25) is 0 Å². The molecule has 2 heteroatoms. The molecule has 0 amide bonds. The summed E-state index contributed by atoms with van der Waals surface area (Å²) in [5.41, 5.74) is 5.17. The summed E-state index contributed by atoms with van der Waals surface area (Å²) in [7, 11) is 0. The molecule has 0 atom stereocenters. The molecule has 5 rings (SSSR count). The molecule has 2 nitrogen and oxygen atoms in total. The van der Waals surface area contributed by atoms with Gasteiger partial charge in [-0.15, -0.1) is 0 Å². The number of rotatable bonds is 2. The van der Waals surface area contributed by atoms with Crippen LogP contribution >= 0.6 is 0 Å². The SMILES string of the molecule is C=C/C(=C\C)n1c2ccccc2c2ccc3c4ccccc4oc3c21. The van der Waals surface area contributed by atoms with E-state index in [2.05, 4.69) is 65.8 Å². The van der Waals surface area contributed by atoms with Crippen LogP contribution in [0.3, 0.4) is 0 Å². The highest BCUT2D eigenvalue weighted by molar-refractivity contribution is 6.22. The van der Waals surface area contributed by atoms with Gasteiger partial charge in [0.15, 0.2) is 5.58 Å². The zero-order valence-corrected chi connectivity index (χ0v) is 14.0. The van der Waals surface area contributed by atoms with E-state index in [4.69, 9.17) is 4.42 Å². The molecule has 0 aliphatic heterocycles. The van der Waals surface area contributed by atoms with Crippen molar-refractivity contribution in [3.8, 4) is 0 Å². The average Bonchev–Trinajstić information content (AvgIpc) is 3.19. The van der Waals surface area contributed by atoms with Gasteiger partial charge in [-0.25, -0.2) is 0 Å². The summed E-state index contributed by atoms with van der Waals surface area (Å²) in [5, 5.41) is 4.72. The number of aromatic nitrogens is 1. The van der Waals surface area contributed by atoms with Crippen LogP contribution in [0.15, 0.2) is 83.8 Å². The summed E-state index contributed by atoms with van der Waals surface area (Å²) in [6, 6.07) is 21.1.